The number of amides is 1. The summed E-state index contributed by atoms with van der Waals surface area (Å²) in [5.74, 6) is 0.783. The van der Waals surface area contributed by atoms with E-state index in [1.54, 1.807) is 17.5 Å². The SMILES string of the molecule is O=C(NCCOc1ccc2c(c1)CCC2)c1cnc(-c2cccs2)s1. The number of nitrogens with one attached hydrogen (secondary N) is 1. The zero-order valence-corrected chi connectivity index (χ0v) is 15.3. The van der Waals surface area contributed by atoms with Crippen LogP contribution in [-0.2, 0) is 12.8 Å². The Balaban J connectivity index is 1.26. The Kier molecular flexibility index (Phi) is 4.81. The molecular formula is C19H18N2O2S2. The van der Waals surface area contributed by atoms with Gasteiger partial charge in [-0.15, -0.1) is 22.7 Å². The number of fused-ring (bicyclic) bond motifs is 1. The van der Waals surface area contributed by atoms with E-state index in [0.717, 1.165) is 22.1 Å². The normalized spacial score (nSPS) is 12.8. The van der Waals surface area contributed by atoms with E-state index >= 15 is 0 Å². The molecule has 6 heteroatoms. The summed E-state index contributed by atoms with van der Waals surface area (Å²) in [5, 5.41) is 5.78. The molecule has 1 amide bonds. The first-order chi connectivity index (χ1) is 12.3. The molecule has 0 atom stereocenters. The molecule has 128 valence electrons. The van der Waals surface area contributed by atoms with E-state index in [0.29, 0.717) is 18.0 Å². The fourth-order valence-corrected chi connectivity index (χ4v) is 4.59. The molecule has 4 rings (SSSR count). The second-order valence-electron chi connectivity index (χ2n) is 5.90. The van der Waals surface area contributed by atoms with Gasteiger partial charge in [0.2, 0.25) is 0 Å². The summed E-state index contributed by atoms with van der Waals surface area (Å²) in [6, 6.07) is 10.3. The first-order valence-corrected chi connectivity index (χ1v) is 10.0. The van der Waals surface area contributed by atoms with Gasteiger partial charge in [-0.05, 0) is 54.0 Å². The van der Waals surface area contributed by atoms with Crippen molar-refractivity contribution in [1.82, 2.24) is 10.3 Å². The van der Waals surface area contributed by atoms with E-state index in [1.807, 2.05) is 23.6 Å². The molecular weight excluding hydrogens is 352 g/mol. The van der Waals surface area contributed by atoms with Crippen molar-refractivity contribution >= 4 is 28.6 Å². The summed E-state index contributed by atoms with van der Waals surface area (Å²) in [4.78, 5) is 18.2. The Morgan fingerprint density at radius 3 is 3.04 bits per heavy atom. The van der Waals surface area contributed by atoms with Crippen molar-refractivity contribution in [3.8, 4) is 15.6 Å². The Morgan fingerprint density at radius 2 is 2.16 bits per heavy atom. The number of aromatic nitrogens is 1. The van der Waals surface area contributed by atoms with Crippen molar-refractivity contribution in [2.45, 2.75) is 19.3 Å². The molecule has 1 aliphatic rings. The highest BCUT2D eigenvalue weighted by Crippen LogP contribution is 2.29. The number of hydrogen-bond acceptors (Lipinski definition) is 5. The molecule has 1 aliphatic carbocycles. The fourth-order valence-electron chi connectivity index (χ4n) is 2.95. The van der Waals surface area contributed by atoms with Crippen LogP contribution in [0.1, 0.15) is 27.2 Å². The van der Waals surface area contributed by atoms with Gasteiger partial charge in [-0.3, -0.25) is 4.79 Å². The number of benzene rings is 1. The van der Waals surface area contributed by atoms with Gasteiger partial charge in [0.25, 0.3) is 5.91 Å². The maximum absolute atomic E-state index is 12.2. The molecule has 3 aromatic rings. The summed E-state index contributed by atoms with van der Waals surface area (Å²) in [5.41, 5.74) is 2.83. The van der Waals surface area contributed by atoms with Crippen LogP contribution >= 0.6 is 22.7 Å². The Labute approximate surface area is 154 Å². The van der Waals surface area contributed by atoms with Crippen molar-refractivity contribution in [3.05, 3.63) is 57.9 Å². The molecule has 25 heavy (non-hydrogen) atoms. The van der Waals surface area contributed by atoms with Crippen LogP contribution in [-0.4, -0.2) is 24.0 Å². The lowest BCUT2D eigenvalue weighted by atomic mass is 10.1. The second kappa shape index (κ2) is 7.37. The Hall–Kier alpha value is -2.18. The molecule has 0 saturated carbocycles. The van der Waals surface area contributed by atoms with E-state index in [-0.39, 0.29) is 5.91 Å². The minimum Gasteiger partial charge on any atom is -0.492 e. The minimum absolute atomic E-state index is 0.0992. The maximum Gasteiger partial charge on any atom is 0.263 e. The summed E-state index contributed by atoms with van der Waals surface area (Å²) in [6.45, 7) is 0.934. The van der Waals surface area contributed by atoms with Gasteiger partial charge in [0, 0.05) is 0 Å². The molecule has 0 unspecified atom stereocenters. The molecule has 0 radical (unpaired) electrons. The first-order valence-electron chi connectivity index (χ1n) is 8.32. The standard InChI is InChI=1S/C19H18N2O2S2/c22-18(17-12-21-19(25-17)16-5-2-10-24-16)20-8-9-23-15-7-6-13-3-1-4-14(13)11-15/h2,5-7,10-12H,1,3-4,8-9H2,(H,20,22). The highest BCUT2D eigenvalue weighted by atomic mass is 32.1. The monoisotopic (exact) mass is 370 g/mol. The van der Waals surface area contributed by atoms with Crippen LogP contribution < -0.4 is 10.1 Å². The molecule has 1 aromatic carbocycles. The maximum atomic E-state index is 12.2. The van der Waals surface area contributed by atoms with Gasteiger partial charge >= 0.3 is 0 Å². The summed E-state index contributed by atoms with van der Waals surface area (Å²) >= 11 is 3.04. The summed E-state index contributed by atoms with van der Waals surface area (Å²) in [7, 11) is 0. The number of carbonyl (C=O) groups excluding carboxylic acids is 1. The lowest BCUT2D eigenvalue weighted by Gasteiger charge is -2.08. The highest BCUT2D eigenvalue weighted by molar-refractivity contribution is 7.21. The predicted molar refractivity (Wildman–Crippen MR) is 102 cm³/mol. The van der Waals surface area contributed by atoms with Gasteiger partial charge in [0.1, 0.15) is 22.2 Å². The Morgan fingerprint density at radius 1 is 1.24 bits per heavy atom. The van der Waals surface area contributed by atoms with Gasteiger partial charge < -0.3 is 10.1 Å². The Bertz CT molecular complexity index is 871. The van der Waals surface area contributed by atoms with Gasteiger partial charge in [0.15, 0.2) is 0 Å². The van der Waals surface area contributed by atoms with Crippen molar-refractivity contribution in [2.75, 3.05) is 13.2 Å². The van der Waals surface area contributed by atoms with Crippen molar-refractivity contribution in [1.29, 1.82) is 0 Å². The van der Waals surface area contributed by atoms with E-state index in [9.17, 15) is 4.79 Å². The molecule has 0 bridgehead atoms. The summed E-state index contributed by atoms with van der Waals surface area (Å²) < 4.78 is 5.76. The minimum atomic E-state index is -0.0992. The van der Waals surface area contributed by atoms with Gasteiger partial charge in [-0.25, -0.2) is 4.98 Å². The lowest BCUT2D eigenvalue weighted by molar-refractivity contribution is 0.0951. The zero-order valence-electron chi connectivity index (χ0n) is 13.7. The highest BCUT2D eigenvalue weighted by Gasteiger charge is 2.13. The molecule has 2 heterocycles. The van der Waals surface area contributed by atoms with Crippen LogP contribution in [0.3, 0.4) is 0 Å². The third-order valence-electron chi connectivity index (χ3n) is 4.19. The van der Waals surface area contributed by atoms with Gasteiger partial charge in [-0.2, -0.15) is 0 Å². The van der Waals surface area contributed by atoms with Crippen LogP contribution in [0.4, 0.5) is 0 Å². The zero-order chi connectivity index (χ0) is 17.1. The largest absolute Gasteiger partial charge is 0.492 e. The van der Waals surface area contributed by atoms with Crippen LogP contribution in [0.25, 0.3) is 9.88 Å². The average Bonchev–Trinajstić information content (AvgIpc) is 3.38. The average molecular weight is 370 g/mol. The third-order valence-corrected chi connectivity index (χ3v) is 6.22. The lowest BCUT2D eigenvalue weighted by Crippen LogP contribution is -2.27. The smallest absolute Gasteiger partial charge is 0.263 e. The number of aryl methyl sites for hydroxylation is 2. The van der Waals surface area contributed by atoms with Crippen molar-refractivity contribution < 1.29 is 9.53 Å². The second-order valence-corrected chi connectivity index (χ2v) is 7.87. The number of hydrogen-bond donors (Lipinski definition) is 1. The molecule has 0 spiro atoms. The topological polar surface area (TPSA) is 51.2 Å². The summed E-state index contributed by atoms with van der Waals surface area (Å²) in [6.07, 6.45) is 5.18. The van der Waals surface area contributed by atoms with Gasteiger partial charge in [-0.1, -0.05) is 12.1 Å². The van der Waals surface area contributed by atoms with Crippen LogP contribution in [0.15, 0.2) is 41.9 Å². The predicted octanol–water partition coefficient (Wildman–Crippen LogP) is 4.17. The molecule has 0 saturated heterocycles. The van der Waals surface area contributed by atoms with E-state index in [2.05, 4.69) is 22.4 Å². The van der Waals surface area contributed by atoms with Gasteiger partial charge in [0.05, 0.1) is 17.6 Å². The number of ether oxygens (including phenoxy) is 1. The molecule has 2 aromatic heterocycles. The number of thiophene rings is 1. The number of rotatable bonds is 6. The fraction of sp³-hybridized carbons (Fsp3) is 0.263. The van der Waals surface area contributed by atoms with Crippen molar-refractivity contribution in [2.24, 2.45) is 0 Å². The van der Waals surface area contributed by atoms with E-state index in [4.69, 9.17) is 4.74 Å². The van der Waals surface area contributed by atoms with Crippen LogP contribution in [0.2, 0.25) is 0 Å². The molecule has 0 fully saturated rings. The first kappa shape index (κ1) is 16.3. The van der Waals surface area contributed by atoms with Crippen LogP contribution in [0, 0.1) is 0 Å². The number of thiazole rings is 1. The number of carbonyl (C=O) groups is 1. The third kappa shape index (κ3) is 3.75. The number of nitrogens with zero attached hydrogens (tertiary/aromatic N) is 1. The molecule has 0 aliphatic heterocycles. The molecule has 1 N–H and O–H groups in total. The van der Waals surface area contributed by atoms with E-state index < -0.39 is 0 Å². The van der Waals surface area contributed by atoms with Crippen molar-refractivity contribution in [3.63, 3.8) is 0 Å². The van der Waals surface area contributed by atoms with E-state index in [1.165, 1.54) is 35.3 Å². The van der Waals surface area contributed by atoms with Crippen LogP contribution in [0.5, 0.6) is 5.75 Å². The molecule has 4 nitrogen and oxygen atoms in total. The quantitative estimate of drug-likeness (QED) is 0.663.